The molecule has 326 valence electrons. The Kier molecular flexibility index (Phi) is 6.44. The monoisotopic (exact) mass is 899 g/mol. The second kappa shape index (κ2) is 14.9. The van der Waals surface area contributed by atoms with Crippen LogP contribution in [0.1, 0.15) is 36.0 Å². The van der Waals surface area contributed by atoms with Crippen LogP contribution in [0.25, 0.3) is 88.4 Å². The van der Waals surface area contributed by atoms with Gasteiger partial charge in [0.05, 0.1) is 52.6 Å². The van der Waals surface area contributed by atoms with Crippen LogP contribution in [-0.2, 0) is 5.41 Å². The predicted molar refractivity (Wildman–Crippen MR) is 292 cm³/mol. The van der Waals surface area contributed by atoms with Gasteiger partial charge in [0, 0.05) is 38.6 Å². The third-order valence-corrected chi connectivity index (χ3v) is 14.7. The van der Waals surface area contributed by atoms with E-state index < -0.39 is 17.5 Å². The van der Waals surface area contributed by atoms with E-state index in [4.69, 9.17) is 13.7 Å². The van der Waals surface area contributed by atoms with E-state index in [2.05, 4.69) is 138 Å². The Morgan fingerprint density at radius 2 is 0.700 bits per heavy atom. The van der Waals surface area contributed by atoms with Crippen molar-refractivity contribution >= 4 is 60.7 Å². The second-order valence-corrected chi connectivity index (χ2v) is 18.1. The van der Waals surface area contributed by atoms with Crippen LogP contribution in [0, 0.1) is 0 Å². The van der Waals surface area contributed by atoms with Crippen molar-refractivity contribution in [3.8, 4) is 44.8 Å². The molecule has 13 aromatic rings. The van der Waals surface area contributed by atoms with Gasteiger partial charge in [-0.2, -0.15) is 0 Å². The van der Waals surface area contributed by atoms with Crippen molar-refractivity contribution in [2.75, 3.05) is 4.90 Å². The zero-order chi connectivity index (χ0) is 54.6. The molecule has 70 heavy (non-hydrogen) atoms. The molecule has 1 aliphatic heterocycles. The van der Waals surface area contributed by atoms with E-state index in [-0.39, 0.29) is 59.7 Å². The highest BCUT2D eigenvalue weighted by molar-refractivity contribution is 6.12. The van der Waals surface area contributed by atoms with Crippen molar-refractivity contribution in [2.45, 2.75) is 5.41 Å². The number of nitrogens with zero attached hydrogens (tertiary/aromatic N) is 3. The number of para-hydroxylation sites is 7. The SMILES string of the molecule is [2H]c1c([2H])c([2H])c(-n2c3ccccc3c3cc(-c4ccc5c(c4)C4(c6cc(-c7ccc8c(c7)c7ccccc7n8-c7c([2H])c([2H])c([2H])c([2H])c7[2H])ccc6-5)c5ccccc5N(c5ccccc5)c5ccccc54)ccc32)c([2H])c1[2H]. The normalized spacial score (nSPS) is 15.2. The molecular weight excluding hydrogens is 847 g/mol. The van der Waals surface area contributed by atoms with Gasteiger partial charge >= 0.3 is 0 Å². The Labute approximate surface area is 420 Å². The Balaban J connectivity index is 0.962. The first-order valence-electron chi connectivity index (χ1n) is 28.4. The lowest BCUT2D eigenvalue weighted by Gasteiger charge is -2.45. The average molecular weight is 900 g/mol. The van der Waals surface area contributed by atoms with Gasteiger partial charge in [-0.15, -0.1) is 0 Å². The summed E-state index contributed by atoms with van der Waals surface area (Å²) in [4.78, 5) is 2.36. The summed E-state index contributed by atoms with van der Waals surface area (Å²) in [5.74, 6) is 0. The van der Waals surface area contributed by atoms with Crippen molar-refractivity contribution in [1.29, 1.82) is 0 Å². The first-order valence-corrected chi connectivity index (χ1v) is 23.4. The molecule has 0 unspecified atom stereocenters. The topological polar surface area (TPSA) is 13.1 Å². The quantitative estimate of drug-likeness (QED) is 0.168. The maximum absolute atomic E-state index is 8.98. The number of benzene rings is 11. The molecular formula is C67H43N3. The summed E-state index contributed by atoms with van der Waals surface area (Å²) in [6, 6.07) is 66.0. The van der Waals surface area contributed by atoms with Crippen LogP contribution in [-0.4, -0.2) is 9.13 Å². The molecule has 0 radical (unpaired) electrons. The molecule has 15 rings (SSSR count). The van der Waals surface area contributed by atoms with Crippen LogP contribution < -0.4 is 4.90 Å². The number of anilines is 3. The summed E-state index contributed by atoms with van der Waals surface area (Å²) in [5.41, 5.74) is 16.0. The summed E-state index contributed by atoms with van der Waals surface area (Å²) >= 11 is 0. The fourth-order valence-corrected chi connectivity index (χ4v) is 11.9. The number of hydrogen-bond donors (Lipinski definition) is 0. The zero-order valence-electron chi connectivity index (χ0n) is 47.4. The van der Waals surface area contributed by atoms with E-state index in [0.29, 0.717) is 0 Å². The third-order valence-electron chi connectivity index (χ3n) is 14.7. The molecule has 0 saturated carbocycles. The molecule has 2 aliphatic rings. The van der Waals surface area contributed by atoms with Crippen molar-refractivity contribution in [3.05, 3.63) is 283 Å². The number of aromatic nitrogens is 2. The van der Waals surface area contributed by atoms with E-state index in [0.717, 1.165) is 116 Å². The van der Waals surface area contributed by atoms with Gasteiger partial charge < -0.3 is 14.0 Å². The van der Waals surface area contributed by atoms with Crippen molar-refractivity contribution in [1.82, 2.24) is 9.13 Å². The second-order valence-electron chi connectivity index (χ2n) is 18.1. The van der Waals surface area contributed by atoms with Crippen LogP contribution >= 0.6 is 0 Å². The van der Waals surface area contributed by atoms with Crippen LogP contribution in [0.2, 0.25) is 0 Å². The standard InChI is InChI=1S/C67H43N3/c1-4-18-48(19-5-1)68-61-28-14-10-24-53(61)55-40-44(34-38-63(55)68)46-32-36-51-52-37-33-47(45-35-39-64-56(41-45)54-25-11-15-29-62(54)69(64)49-20-6-2-7-21-49)43-60(52)67(59(51)42-46)57-26-12-16-30-65(57)70(50-22-8-3-9-23-50)66-31-17-13-27-58(66)67/h1-43H/i1D,2D,4D,5D,6D,7D,18D,19D,20D,21D. The summed E-state index contributed by atoms with van der Waals surface area (Å²) in [6.45, 7) is 0. The number of fused-ring (bicyclic) bond motifs is 15. The minimum absolute atomic E-state index is 0.103. The van der Waals surface area contributed by atoms with E-state index in [9.17, 15) is 0 Å². The summed E-state index contributed by atoms with van der Waals surface area (Å²) < 4.78 is 90.4. The van der Waals surface area contributed by atoms with Crippen molar-refractivity contribution in [2.24, 2.45) is 0 Å². The van der Waals surface area contributed by atoms with E-state index in [1.165, 1.54) is 0 Å². The van der Waals surface area contributed by atoms with Gasteiger partial charge in [0.1, 0.15) is 0 Å². The Morgan fingerprint density at radius 1 is 0.300 bits per heavy atom. The maximum Gasteiger partial charge on any atom is 0.0754 e. The van der Waals surface area contributed by atoms with Gasteiger partial charge in [0.25, 0.3) is 0 Å². The summed E-state index contributed by atoms with van der Waals surface area (Å²) in [7, 11) is 0. The van der Waals surface area contributed by atoms with Crippen LogP contribution in [0.15, 0.2) is 261 Å². The molecule has 3 heterocycles. The van der Waals surface area contributed by atoms with Crippen molar-refractivity contribution < 1.29 is 13.7 Å². The molecule has 1 aliphatic carbocycles. The molecule has 0 N–H and O–H groups in total. The fraction of sp³-hybridized carbons (Fsp3) is 0.0149. The highest BCUT2D eigenvalue weighted by atomic mass is 15.2. The number of rotatable bonds is 5. The van der Waals surface area contributed by atoms with E-state index in [1.807, 2.05) is 66.7 Å². The molecule has 0 amide bonds. The molecule has 0 fully saturated rings. The Bertz CT molecular complexity index is 4520. The molecule has 0 atom stereocenters. The number of hydrogen-bond acceptors (Lipinski definition) is 1. The highest BCUT2D eigenvalue weighted by Gasteiger charge is 2.52. The smallest absolute Gasteiger partial charge is 0.0754 e. The van der Waals surface area contributed by atoms with Gasteiger partial charge in [0.2, 0.25) is 0 Å². The van der Waals surface area contributed by atoms with E-state index in [1.54, 1.807) is 9.13 Å². The predicted octanol–water partition coefficient (Wildman–Crippen LogP) is 17.4. The molecule has 2 aromatic heterocycles. The fourth-order valence-electron chi connectivity index (χ4n) is 11.9. The third kappa shape index (κ3) is 5.40. The molecule has 0 saturated heterocycles. The first kappa shape index (κ1) is 30.3. The maximum atomic E-state index is 8.98. The van der Waals surface area contributed by atoms with Gasteiger partial charge in [-0.25, -0.2) is 0 Å². The molecule has 11 aromatic carbocycles. The summed E-state index contributed by atoms with van der Waals surface area (Å²) in [5, 5.41) is 3.55. The van der Waals surface area contributed by atoms with Crippen LogP contribution in [0.5, 0.6) is 0 Å². The lowest BCUT2D eigenvalue weighted by atomic mass is 9.64. The lowest BCUT2D eigenvalue weighted by Crippen LogP contribution is -2.36. The van der Waals surface area contributed by atoms with Crippen LogP contribution in [0.4, 0.5) is 17.1 Å². The largest absolute Gasteiger partial charge is 0.310 e. The van der Waals surface area contributed by atoms with Gasteiger partial charge in [-0.05, 0) is 153 Å². The summed E-state index contributed by atoms with van der Waals surface area (Å²) in [6.07, 6.45) is 0. The Morgan fingerprint density at radius 3 is 1.20 bits per heavy atom. The minimum atomic E-state index is -0.836. The first-order chi connectivity index (χ1) is 38.9. The van der Waals surface area contributed by atoms with Crippen molar-refractivity contribution in [3.63, 3.8) is 0 Å². The zero-order valence-corrected chi connectivity index (χ0v) is 37.4. The van der Waals surface area contributed by atoms with Crippen LogP contribution in [0.3, 0.4) is 0 Å². The Hall–Kier alpha value is -9.18. The molecule has 1 spiro atoms. The highest BCUT2D eigenvalue weighted by Crippen LogP contribution is 2.64. The lowest BCUT2D eigenvalue weighted by molar-refractivity contribution is 0.753. The molecule has 3 heteroatoms. The molecule has 0 bridgehead atoms. The minimum Gasteiger partial charge on any atom is -0.310 e. The van der Waals surface area contributed by atoms with E-state index >= 15 is 0 Å². The van der Waals surface area contributed by atoms with Gasteiger partial charge in [-0.3, -0.25) is 0 Å². The van der Waals surface area contributed by atoms with Gasteiger partial charge in [-0.1, -0.05) is 164 Å². The molecule has 3 nitrogen and oxygen atoms in total. The van der Waals surface area contributed by atoms with Gasteiger partial charge in [0.15, 0.2) is 0 Å². The average Bonchev–Trinajstić information content (AvgIpc) is 3.83.